The molecule has 0 spiro atoms. The SMILES string of the molecule is Fc1c(Nc2ccccc2-c2ccccc2)cc(-c2ccccc2)cc1-c1ccccc1. The molecule has 0 atom stereocenters. The van der Waals surface area contributed by atoms with E-state index in [1.807, 2.05) is 109 Å². The number of benzene rings is 5. The lowest BCUT2D eigenvalue weighted by Crippen LogP contribution is -1.99. The highest BCUT2D eigenvalue weighted by Crippen LogP contribution is 2.37. The van der Waals surface area contributed by atoms with Crippen LogP contribution in [0.25, 0.3) is 33.4 Å². The number of para-hydroxylation sites is 1. The zero-order chi connectivity index (χ0) is 21.8. The fourth-order valence-electron chi connectivity index (χ4n) is 3.95. The van der Waals surface area contributed by atoms with E-state index < -0.39 is 0 Å². The van der Waals surface area contributed by atoms with E-state index in [-0.39, 0.29) is 5.82 Å². The Kier molecular flexibility index (Phi) is 5.50. The number of rotatable bonds is 5. The molecular weight excluding hydrogens is 393 g/mol. The van der Waals surface area contributed by atoms with Crippen LogP contribution in [0.2, 0.25) is 0 Å². The second kappa shape index (κ2) is 8.91. The molecule has 32 heavy (non-hydrogen) atoms. The number of nitrogens with one attached hydrogen (secondary N) is 1. The molecule has 0 radical (unpaired) electrons. The summed E-state index contributed by atoms with van der Waals surface area (Å²) in [4.78, 5) is 0. The van der Waals surface area contributed by atoms with Crippen LogP contribution in [0.3, 0.4) is 0 Å². The van der Waals surface area contributed by atoms with Crippen LogP contribution >= 0.6 is 0 Å². The third-order valence-electron chi connectivity index (χ3n) is 5.55. The van der Waals surface area contributed by atoms with E-state index in [0.717, 1.165) is 33.5 Å². The molecule has 0 heterocycles. The van der Waals surface area contributed by atoms with Crippen molar-refractivity contribution in [3.63, 3.8) is 0 Å². The van der Waals surface area contributed by atoms with Gasteiger partial charge in [0.2, 0.25) is 0 Å². The summed E-state index contributed by atoms with van der Waals surface area (Å²) >= 11 is 0. The predicted octanol–water partition coefficient (Wildman–Crippen LogP) is 8.57. The maximum absolute atomic E-state index is 15.8. The van der Waals surface area contributed by atoms with Crippen molar-refractivity contribution in [1.82, 2.24) is 0 Å². The minimum absolute atomic E-state index is 0.265. The normalized spacial score (nSPS) is 10.7. The molecule has 0 aliphatic rings. The number of hydrogen-bond donors (Lipinski definition) is 1. The molecule has 5 aromatic carbocycles. The Morgan fingerprint density at radius 3 is 1.53 bits per heavy atom. The van der Waals surface area contributed by atoms with Crippen LogP contribution in [0.15, 0.2) is 127 Å². The predicted molar refractivity (Wildman–Crippen MR) is 132 cm³/mol. The van der Waals surface area contributed by atoms with Gasteiger partial charge < -0.3 is 5.32 Å². The van der Waals surface area contributed by atoms with Gasteiger partial charge in [-0.05, 0) is 40.5 Å². The minimum atomic E-state index is -0.265. The Morgan fingerprint density at radius 2 is 0.906 bits per heavy atom. The van der Waals surface area contributed by atoms with Crippen molar-refractivity contribution in [2.24, 2.45) is 0 Å². The second-order valence-corrected chi connectivity index (χ2v) is 7.65. The molecule has 5 aromatic rings. The third-order valence-corrected chi connectivity index (χ3v) is 5.55. The Labute approximate surface area is 187 Å². The van der Waals surface area contributed by atoms with Crippen LogP contribution in [0, 0.1) is 5.82 Å². The molecule has 154 valence electrons. The van der Waals surface area contributed by atoms with Crippen molar-refractivity contribution >= 4 is 11.4 Å². The van der Waals surface area contributed by atoms with Gasteiger partial charge in [-0.1, -0.05) is 109 Å². The van der Waals surface area contributed by atoms with Gasteiger partial charge in [0, 0.05) is 16.8 Å². The van der Waals surface area contributed by atoms with Crippen LogP contribution in [0.4, 0.5) is 15.8 Å². The topological polar surface area (TPSA) is 12.0 Å². The van der Waals surface area contributed by atoms with E-state index in [4.69, 9.17) is 0 Å². The average molecular weight is 416 g/mol. The summed E-state index contributed by atoms with van der Waals surface area (Å²) in [6.07, 6.45) is 0. The summed E-state index contributed by atoms with van der Waals surface area (Å²) in [5, 5.41) is 3.38. The van der Waals surface area contributed by atoms with Gasteiger partial charge in [0.15, 0.2) is 5.82 Å². The highest BCUT2D eigenvalue weighted by Gasteiger charge is 2.15. The summed E-state index contributed by atoms with van der Waals surface area (Å²) in [5.41, 5.74) is 6.86. The first-order chi connectivity index (χ1) is 15.8. The Bertz CT molecular complexity index is 1330. The summed E-state index contributed by atoms with van der Waals surface area (Å²) in [7, 11) is 0. The first kappa shape index (κ1) is 19.8. The van der Waals surface area contributed by atoms with Crippen LogP contribution in [-0.2, 0) is 0 Å². The van der Waals surface area contributed by atoms with Crippen LogP contribution in [0.5, 0.6) is 0 Å². The van der Waals surface area contributed by atoms with Gasteiger partial charge >= 0.3 is 0 Å². The maximum Gasteiger partial charge on any atom is 0.154 e. The second-order valence-electron chi connectivity index (χ2n) is 7.65. The van der Waals surface area contributed by atoms with Gasteiger partial charge in [0.1, 0.15) is 0 Å². The number of hydrogen-bond acceptors (Lipinski definition) is 1. The highest BCUT2D eigenvalue weighted by atomic mass is 19.1. The van der Waals surface area contributed by atoms with Crippen molar-refractivity contribution in [2.45, 2.75) is 0 Å². The molecular formula is C30H22FN. The molecule has 0 amide bonds. The van der Waals surface area contributed by atoms with Crippen LogP contribution < -0.4 is 5.32 Å². The third kappa shape index (κ3) is 4.03. The van der Waals surface area contributed by atoms with E-state index in [1.165, 1.54) is 0 Å². The summed E-state index contributed by atoms with van der Waals surface area (Å²) in [6.45, 7) is 0. The van der Waals surface area contributed by atoms with Crippen molar-refractivity contribution in [1.29, 1.82) is 0 Å². The van der Waals surface area contributed by atoms with E-state index in [0.29, 0.717) is 11.3 Å². The van der Waals surface area contributed by atoms with Gasteiger partial charge in [-0.2, -0.15) is 0 Å². The Balaban J connectivity index is 1.65. The molecule has 0 fully saturated rings. The first-order valence-electron chi connectivity index (χ1n) is 10.7. The van der Waals surface area contributed by atoms with Gasteiger partial charge in [-0.25, -0.2) is 4.39 Å². The molecule has 0 saturated heterocycles. The van der Waals surface area contributed by atoms with Crippen molar-refractivity contribution in [3.05, 3.63) is 133 Å². The zero-order valence-corrected chi connectivity index (χ0v) is 17.5. The van der Waals surface area contributed by atoms with E-state index in [2.05, 4.69) is 23.5 Å². The molecule has 1 N–H and O–H groups in total. The number of halogens is 1. The lowest BCUT2D eigenvalue weighted by molar-refractivity contribution is 0.635. The van der Waals surface area contributed by atoms with E-state index >= 15 is 4.39 Å². The molecule has 0 saturated carbocycles. The lowest BCUT2D eigenvalue weighted by Gasteiger charge is -2.17. The van der Waals surface area contributed by atoms with Crippen molar-refractivity contribution < 1.29 is 4.39 Å². The summed E-state index contributed by atoms with van der Waals surface area (Å²) in [6, 6.07) is 41.7. The molecule has 0 bridgehead atoms. The minimum Gasteiger partial charge on any atom is -0.353 e. The molecule has 0 aromatic heterocycles. The zero-order valence-electron chi connectivity index (χ0n) is 17.5. The Morgan fingerprint density at radius 1 is 0.406 bits per heavy atom. The van der Waals surface area contributed by atoms with Gasteiger partial charge in [0.05, 0.1) is 5.69 Å². The van der Waals surface area contributed by atoms with Gasteiger partial charge in [0.25, 0.3) is 0 Å². The van der Waals surface area contributed by atoms with E-state index in [1.54, 1.807) is 0 Å². The summed E-state index contributed by atoms with van der Waals surface area (Å²) < 4.78 is 15.8. The van der Waals surface area contributed by atoms with Crippen molar-refractivity contribution in [2.75, 3.05) is 5.32 Å². The van der Waals surface area contributed by atoms with Crippen LogP contribution in [0.1, 0.15) is 0 Å². The maximum atomic E-state index is 15.8. The van der Waals surface area contributed by atoms with E-state index in [9.17, 15) is 0 Å². The largest absolute Gasteiger partial charge is 0.353 e. The average Bonchev–Trinajstić information content (AvgIpc) is 2.87. The van der Waals surface area contributed by atoms with Gasteiger partial charge in [-0.3, -0.25) is 0 Å². The lowest BCUT2D eigenvalue weighted by atomic mass is 9.97. The molecule has 2 heteroatoms. The summed E-state index contributed by atoms with van der Waals surface area (Å²) in [5.74, 6) is -0.265. The molecule has 0 aliphatic carbocycles. The smallest absolute Gasteiger partial charge is 0.154 e. The standard InChI is InChI=1S/C30H22FN/c31-30-27(24-16-8-3-9-17-24)20-25(22-12-4-1-5-13-22)21-29(30)32-28-19-11-10-18-26(28)23-14-6-2-7-15-23/h1-21,32H. The molecule has 5 rings (SSSR count). The molecule has 1 nitrogen and oxygen atoms in total. The fraction of sp³-hybridized carbons (Fsp3) is 0. The molecule has 0 unspecified atom stereocenters. The monoisotopic (exact) mass is 415 g/mol. The fourth-order valence-corrected chi connectivity index (χ4v) is 3.95. The quantitative estimate of drug-likeness (QED) is 0.303. The van der Waals surface area contributed by atoms with Crippen molar-refractivity contribution in [3.8, 4) is 33.4 Å². The van der Waals surface area contributed by atoms with Crippen LogP contribution in [-0.4, -0.2) is 0 Å². The first-order valence-corrected chi connectivity index (χ1v) is 10.7. The highest BCUT2D eigenvalue weighted by molar-refractivity contribution is 5.85. The Hall–Kier alpha value is -4.17. The van der Waals surface area contributed by atoms with Gasteiger partial charge in [-0.15, -0.1) is 0 Å². The molecule has 0 aliphatic heterocycles. The number of anilines is 2.